The highest BCUT2D eigenvalue weighted by molar-refractivity contribution is 7.99. The number of ether oxygens (including phenoxy) is 2. The zero-order valence-corrected chi connectivity index (χ0v) is 17.8. The molecule has 7 heteroatoms. The van der Waals surface area contributed by atoms with E-state index in [1.54, 1.807) is 35.9 Å². The van der Waals surface area contributed by atoms with E-state index in [2.05, 4.69) is 4.98 Å². The lowest BCUT2D eigenvalue weighted by Crippen LogP contribution is -2.26. The second kappa shape index (κ2) is 9.13. The Labute approximate surface area is 173 Å². The van der Waals surface area contributed by atoms with Crippen molar-refractivity contribution in [2.45, 2.75) is 31.5 Å². The van der Waals surface area contributed by atoms with Crippen LogP contribution in [-0.2, 0) is 0 Å². The minimum Gasteiger partial charge on any atom is -0.497 e. The molecule has 0 bridgehead atoms. The zero-order valence-electron chi connectivity index (χ0n) is 17.0. The van der Waals surface area contributed by atoms with Gasteiger partial charge in [0.15, 0.2) is 10.9 Å². The molecule has 1 heterocycles. The number of carbonyl (C=O) groups is 1. The van der Waals surface area contributed by atoms with Gasteiger partial charge in [-0.1, -0.05) is 30.8 Å². The van der Waals surface area contributed by atoms with Gasteiger partial charge in [0.25, 0.3) is 5.56 Å². The third-order valence-corrected chi connectivity index (χ3v) is 5.80. The first-order valence-corrected chi connectivity index (χ1v) is 10.4. The number of thioether (sulfide) groups is 1. The summed E-state index contributed by atoms with van der Waals surface area (Å²) in [4.78, 5) is 30.5. The van der Waals surface area contributed by atoms with Crippen LogP contribution in [0, 0.1) is 0 Å². The molecule has 1 unspecified atom stereocenters. The molecule has 0 saturated carbocycles. The Balaban J connectivity index is 1.94. The monoisotopic (exact) mass is 412 g/mol. The molecule has 3 rings (SSSR count). The van der Waals surface area contributed by atoms with Crippen molar-refractivity contribution in [3.8, 4) is 11.5 Å². The molecule has 0 spiro atoms. The number of nitrogens with zero attached hydrogens (tertiary/aromatic N) is 2. The number of hydrogen-bond acceptors (Lipinski definition) is 6. The van der Waals surface area contributed by atoms with Gasteiger partial charge in [0.05, 0.1) is 36.4 Å². The van der Waals surface area contributed by atoms with Crippen LogP contribution in [0.1, 0.15) is 36.7 Å². The molecule has 1 aromatic heterocycles. The number of methoxy groups -OCH3 is 2. The number of rotatable bonds is 8. The van der Waals surface area contributed by atoms with E-state index >= 15 is 0 Å². The fraction of sp³-hybridized carbons (Fsp3) is 0.318. The minimum atomic E-state index is -0.104. The summed E-state index contributed by atoms with van der Waals surface area (Å²) >= 11 is 1.27. The Hall–Kier alpha value is -2.80. The number of para-hydroxylation sites is 1. The highest BCUT2D eigenvalue weighted by atomic mass is 32.2. The molecule has 152 valence electrons. The van der Waals surface area contributed by atoms with Crippen molar-refractivity contribution in [2.75, 3.05) is 20.0 Å². The highest BCUT2D eigenvalue weighted by Gasteiger charge is 2.19. The van der Waals surface area contributed by atoms with Crippen molar-refractivity contribution < 1.29 is 14.3 Å². The van der Waals surface area contributed by atoms with Crippen molar-refractivity contribution >= 4 is 28.4 Å². The van der Waals surface area contributed by atoms with Crippen LogP contribution in [0.3, 0.4) is 0 Å². The van der Waals surface area contributed by atoms with E-state index in [4.69, 9.17) is 9.47 Å². The SMILES string of the molecule is CCC(C)n1c(SCC(=O)c2ccc(OC)cc2OC)nc2ccccc2c1=O. The summed E-state index contributed by atoms with van der Waals surface area (Å²) in [7, 11) is 3.08. The Morgan fingerprint density at radius 3 is 2.62 bits per heavy atom. The largest absolute Gasteiger partial charge is 0.497 e. The first kappa shape index (κ1) is 20.9. The summed E-state index contributed by atoms with van der Waals surface area (Å²) in [5.74, 6) is 1.12. The second-order valence-corrected chi connectivity index (χ2v) is 7.56. The minimum absolute atomic E-state index is 0.0206. The molecule has 6 nitrogen and oxygen atoms in total. The lowest BCUT2D eigenvalue weighted by atomic mass is 10.1. The van der Waals surface area contributed by atoms with Crippen molar-refractivity contribution in [3.05, 3.63) is 58.4 Å². The molecule has 0 N–H and O–H groups in total. The number of fused-ring (bicyclic) bond motifs is 1. The van der Waals surface area contributed by atoms with Crippen molar-refractivity contribution in [3.63, 3.8) is 0 Å². The summed E-state index contributed by atoms with van der Waals surface area (Å²) in [6.07, 6.45) is 0.785. The number of carbonyl (C=O) groups excluding carboxylic acids is 1. The number of hydrogen-bond donors (Lipinski definition) is 0. The van der Waals surface area contributed by atoms with Crippen molar-refractivity contribution in [1.82, 2.24) is 9.55 Å². The highest BCUT2D eigenvalue weighted by Crippen LogP contribution is 2.28. The molecule has 0 aliphatic rings. The zero-order chi connectivity index (χ0) is 21.0. The van der Waals surface area contributed by atoms with Crippen LogP contribution in [0.5, 0.6) is 11.5 Å². The molecule has 0 amide bonds. The number of benzene rings is 2. The van der Waals surface area contributed by atoms with E-state index < -0.39 is 0 Å². The average Bonchev–Trinajstić information content (AvgIpc) is 2.76. The lowest BCUT2D eigenvalue weighted by molar-refractivity contribution is 0.101. The maximum Gasteiger partial charge on any atom is 0.262 e. The Kier molecular flexibility index (Phi) is 6.59. The fourth-order valence-electron chi connectivity index (χ4n) is 3.04. The maximum absolute atomic E-state index is 13.0. The van der Waals surface area contributed by atoms with Gasteiger partial charge in [-0.05, 0) is 37.6 Å². The Bertz CT molecular complexity index is 1090. The van der Waals surface area contributed by atoms with Crippen LogP contribution in [0.25, 0.3) is 10.9 Å². The van der Waals surface area contributed by atoms with Crippen LogP contribution in [0.15, 0.2) is 52.4 Å². The van der Waals surface area contributed by atoms with Gasteiger partial charge in [0.2, 0.25) is 0 Å². The molecule has 3 aromatic rings. The van der Waals surface area contributed by atoms with Gasteiger partial charge in [0, 0.05) is 12.1 Å². The molecular formula is C22H24N2O4S. The van der Waals surface area contributed by atoms with Gasteiger partial charge in [-0.3, -0.25) is 14.2 Å². The topological polar surface area (TPSA) is 70.4 Å². The predicted molar refractivity (Wildman–Crippen MR) is 116 cm³/mol. The van der Waals surface area contributed by atoms with E-state index in [-0.39, 0.29) is 23.1 Å². The smallest absolute Gasteiger partial charge is 0.262 e. The summed E-state index contributed by atoms with van der Waals surface area (Å²) in [5.41, 5.74) is 1.02. The number of Topliss-reactive ketones (excluding diaryl/α,β-unsaturated/α-hetero) is 1. The van der Waals surface area contributed by atoms with Gasteiger partial charge in [-0.15, -0.1) is 0 Å². The van der Waals surface area contributed by atoms with Crippen LogP contribution < -0.4 is 15.0 Å². The molecule has 0 fully saturated rings. The third kappa shape index (κ3) is 4.29. The molecular weight excluding hydrogens is 388 g/mol. The number of aromatic nitrogens is 2. The van der Waals surface area contributed by atoms with E-state index in [1.165, 1.54) is 18.9 Å². The molecule has 0 radical (unpaired) electrons. The van der Waals surface area contributed by atoms with Crippen LogP contribution in [0.2, 0.25) is 0 Å². The molecule has 29 heavy (non-hydrogen) atoms. The summed E-state index contributed by atoms with van der Waals surface area (Å²) in [5, 5.41) is 1.13. The molecule has 0 aliphatic heterocycles. The normalized spacial score (nSPS) is 12.0. The van der Waals surface area contributed by atoms with Gasteiger partial charge >= 0.3 is 0 Å². The first-order valence-electron chi connectivity index (χ1n) is 9.39. The molecule has 1 atom stereocenters. The Morgan fingerprint density at radius 2 is 1.93 bits per heavy atom. The summed E-state index contributed by atoms with van der Waals surface area (Å²) in [6.45, 7) is 4.00. The standard InChI is InChI=1S/C22H24N2O4S/c1-5-14(2)24-21(26)16-8-6-7-9-18(16)23-22(24)29-13-19(25)17-11-10-15(27-3)12-20(17)28-4/h6-12,14H,5,13H2,1-4H3. The predicted octanol–water partition coefficient (Wildman–Crippen LogP) is 4.36. The van der Waals surface area contributed by atoms with Gasteiger partial charge in [0.1, 0.15) is 11.5 Å². The quantitative estimate of drug-likeness (QED) is 0.311. The third-order valence-electron chi connectivity index (χ3n) is 4.85. The van der Waals surface area contributed by atoms with Crippen LogP contribution in [0.4, 0.5) is 0 Å². The Morgan fingerprint density at radius 1 is 1.17 bits per heavy atom. The molecule has 2 aromatic carbocycles. The number of ketones is 1. The second-order valence-electron chi connectivity index (χ2n) is 6.62. The average molecular weight is 413 g/mol. The lowest BCUT2D eigenvalue weighted by Gasteiger charge is -2.18. The maximum atomic E-state index is 13.0. The van der Waals surface area contributed by atoms with Crippen LogP contribution >= 0.6 is 11.8 Å². The summed E-state index contributed by atoms with van der Waals surface area (Å²) in [6, 6.07) is 12.4. The van der Waals surface area contributed by atoms with Crippen molar-refractivity contribution in [1.29, 1.82) is 0 Å². The molecule has 0 saturated heterocycles. The summed E-state index contributed by atoms with van der Waals surface area (Å²) < 4.78 is 12.2. The van der Waals surface area contributed by atoms with Gasteiger partial charge in [-0.2, -0.15) is 0 Å². The van der Waals surface area contributed by atoms with E-state index in [1.807, 2.05) is 32.0 Å². The fourth-order valence-corrected chi connectivity index (χ4v) is 4.02. The first-order chi connectivity index (χ1) is 14.0. The van der Waals surface area contributed by atoms with Gasteiger partial charge < -0.3 is 9.47 Å². The van der Waals surface area contributed by atoms with E-state index in [0.29, 0.717) is 33.1 Å². The van der Waals surface area contributed by atoms with E-state index in [9.17, 15) is 9.59 Å². The molecule has 0 aliphatic carbocycles. The van der Waals surface area contributed by atoms with Crippen molar-refractivity contribution in [2.24, 2.45) is 0 Å². The van der Waals surface area contributed by atoms with Gasteiger partial charge in [-0.25, -0.2) is 4.98 Å². The van der Waals surface area contributed by atoms with E-state index in [0.717, 1.165) is 6.42 Å². The van der Waals surface area contributed by atoms with Crippen LogP contribution in [-0.4, -0.2) is 35.3 Å².